The van der Waals surface area contributed by atoms with Crippen LogP contribution in [0.25, 0.3) is 0 Å². The Morgan fingerprint density at radius 1 is 0.841 bits per heavy atom. The number of alkyl halides is 2. The molecule has 0 amide bonds. The number of unbranched alkanes of at least 4 members (excludes halogenated alkanes) is 3. The van der Waals surface area contributed by atoms with E-state index in [1.54, 1.807) is 0 Å². The maximum absolute atomic E-state index is 13.0. The second kappa shape index (κ2) is 20.5. The average molecular weight is 639 g/mol. The van der Waals surface area contributed by atoms with E-state index in [0.717, 1.165) is 67.2 Å². The molecule has 4 atom stereocenters. The van der Waals surface area contributed by atoms with Crippen molar-refractivity contribution < 1.29 is 32.5 Å². The van der Waals surface area contributed by atoms with Gasteiger partial charge in [-0.2, -0.15) is 0 Å². The molecule has 0 unspecified atom stereocenters. The van der Waals surface area contributed by atoms with Crippen LogP contribution in [0.15, 0.2) is 36.4 Å². The molecule has 3 rings (SSSR count). The topological polar surface area (TPSA) is 46.2 Å². The van der Waals surface area contributed by atoms with Crippen LogP contribution >= 0.6 is 11.6 Å². The van der Waals surface area contributed by atoms with Crippen molar-refractivity contribution in [3.63, 3.8) is 0 Å². The Kier molecular flexibility index (Phi) is 17.2. The summed E-state index contributed by atoms with van der Waals surface area (Å²) >= 11 is 6.82. The van der Waals surface area contributed by atoms with Gasteiger partial charge in [0.1, 0.15) is 18.8 Å². The van der Waals surface area contributed by atoms with Crippen LogP contribution in [0.2, 0.25) is 5.02 Å². The molecule has 1 aliphatic heterocycles. The van der Waals surface area contributed by atoms with Crippen molar-refractivity contribution in [2.24, 2.45) is 0 Å². The van der Waals surface area contributed by atoms with E-state index in [4.69, 9.17) is 35.3 Å². The summed E-state index contributed by atoms with van der Waals surface area (Å²) in [6.07, 6.45) is 4.46. The van der Waals surface area contributed by atoms with Gasteiger partial charge in [0.05, 0.1) is 25.4 Å². The summed E-state index contributed by atoms with van der Waals surface area (Å²) in [7, 11) is 0. The number of hydrogen-bond acceptors (Lipinski definition) is 5. The summed E-state index contributed by atoms with van der Waals surface area (Å²) in [5, 5.41) is 0.579. The van der Waals surface area contributed by atoms with Crippen molar-refractivity contribution in [1.82, 2.24) is 0 Å². The molecule has 0 radical (unpaired) electrons. The fourth-order valence-electron chi connectivity index (χ4n) is 5.44. The maximum Gasteiger partial charge on any atom is 0.261 e. The Hall–Kier alpha value is -1.61. The number of benzene rings is 2. The molecule has 5 nitrogen and oxygen atoms in total. The minimum atomic E-state index is -2.55. The third kappa shape index (κ3) is 12.0. The van der Waals surface area contributed by atoms with Crippen LogP contribution < -0.4 is 0 Å². The second-order valence-electron chi connectivity index (χ2n) is 11.7. The summed E-state index contributed by atoms with van der Waals surface area (Å²) in [6.45, 7) is 10.2. The fourth-order valence-corrected chi connectivity index (χ4v) is 5.69. The molecule has 2 aromatic rings. The van der Waals surface area contributed by atoms with Gasteiger partial charge >= 0.3 is 0 Å². The molecule has 44 heavy (non-hydrogen) atoms. The smallest absolute Gasteiger partial charge is 0.261 e. The van der Waals surface area contributed by atoms with Crippen LogP contribution in [0.5, 0.6) is 0 Å². The zero-order valence-electron chi connectivity index (χ0n) is 27.1. The van der Waals surface area contributed by atoms with Gasteiger partial charge in [0.15, 0.2) is 0 Å². The first-order chi connectivity index (χ1) is 21.4. The lowest BCUT2D eigenvalue weighted by Gasteiger charge is -2.42. The quantitative estimate of drug-likeness (QED) is 0.128. The fraction of sp³-hybridized carbons (Fsp3) is 0.667. The van der Waals surface area contributed by atoms with E-state index in [0.29, 0.717) is 44.3 Å². The van der Waals surface area contributed by atoms with Gasteiger partial charge in [-0.3, -0.25) is 0 Å². The van der Waals surface area contributed by atoms with Crippen LogP contribution in [0.4, 0.5) is 8.78 Å². The molecule has 1 saturated heterocycles. The van der Waals surface area contributed by atoms with Gasteiger partial charge in [0, 0.05) is 31.3 Å². The lowest BCUT2D eigenvalue weighted by Crippen LogP contribution is -2.50. The predicted molar refractivity (Wildman–Crippen MR) is 173 cm³/mol. The van der Waals surface area contributed by atoms with Crippen molar-refractivity contribution in [3.05, 3.63) is 69.2 Å². The van der Waals surface area contributed by atoms with Crippen LogP contribution in [-0.4, -0.2) is 57.8 Å². The molecule has 0 aliphatic carbocycles. The molecule has 248 valence electrons. The number of rotatable bonds is 21. The molecular formula is C36H53ClF2O5. The molecule has 0 bridgehead atoms. The molecule has 1 heterocycles. The zero-order valence-corrected chi connectivity index (χ0v) is 27.9. The van der Waals surface area contributed by atoms with Crippen molar-refractivity contribution in [2.45, 2.75) is 123 Å². The predicted octanol–water partition coefficient (Wildman–Crippen LogP) is 9.29. The van der Waals surface area contributed by atoms with Gasteiger partial charge in [0.2, 0.25) is 0 Å². The van der Waals surface area contributed by atoms with E-state index >= 15 is 0 Å². The molecule has 1 fully saturated rings. The highest BCUT2D eigenvalue weighted by Gasteiger charge is 2.41. The van der Waals surface area contributed by atoms with Gasteiger partial charge in [-0.1, -0.05) is 88.9 Å². The van der Waals surface area contributed by atoms with Gasteiger partial charge in [-0.15, -0.1) is 0 Å². The summed E-state index contributed by atoms with van der Waals surface area (Å²) in [6, 6.07) is 12.5. The van der Waals surface area contributed by atoms with Crippen molar-refractivity contribution in [2.75, 3.05) is 33.0 Å². The Balaban J connectivity index is 1.96. The van der Waals surface area contributed by atoms with Crippen LogP contribution in [0, 0.1) is 0 Å². The van der Waals surface area contributed by atoms with E-state index in [1.807, 2.05) is 6.07 Å². The van der Waals surface area contributed by atoms with Crippen molar-refractivity contribution in [3.8, 4) is 0 Å². The molecule has 0 N–H and O–H groups in total. The monoisotopic (exact) mass is 638 g/mol. The van der Waals surface area contributed by atoms with Gasteiger partial charge in [0.25, 0.3) is 6.43 Å². The Bertz CT molecular complexity index is 1070. The van der Waals surface area contributed by atoms with Gasteiger partial charge < -0.3 is 23.7 Å². The van der Waals surface area contributed by atoms with Gasteiger partial charge in [-0.25, -0.2) is 8.78 Å². The third-order valence-electron chi connectivity index (χ3n) is 8.06. The zero-order chi connectivity index (χ0) is 31.7. The summed E-state index contributed by atoms with van der Waals surface area (Å²) in [5.74, 6) is 0. The summed E-state index contributed by atoms with van der Waals surface area (Å²) in [5.41, 5.74) is 5.01. The highest BCUT2D eigenvalue weighted by atomic mass is 35.5. The number of halogens is 3. The van der Waals surface area contributed by atoms with Crippen LogP contribution in [0.3, 0.4) is 0 Å². The third-order valence-corrected chi connectivity index (χ3v) is 8.41. The molecule has 0 saturated carbocycles. The molecule has 1 aliphatic rings. The van der Waals surface area contributed by atoms with E-state index in [9.17, 15) is 8.78 Å². The minimum Gasteiger partial charge on any atom is -0.379 e. The molecule has 8 heteroatoms. The lowest BCUT2D eigenvalue weighted by atomic mass is 9.89. The molecule has 2 aromatic carbocycles. The first-order valence-electron chi connectivity index (χ1n) is 16.6. The number of ether oxygens (including phenoxy) is 5. The average Bonchev–Trinajstić information content (AvgIpc) is 3.01. The van der Waals surface area contributed by atoms with E-state index in [-0.39, 0.29) is 31.0 Å². The molecule has 0 spiro atoms. The van der Waals surface area contributed by atoms with Crippen LogP contribution in [0.1, 0.15) is 107 Å². The first kappa shape index (κ1) is 36.9. The SMILES string of the molecule is CCCCOC[C@H]1O[C@@H](c2cc(Cc3ccc(CC)cc3)c(Cl)cc2COCC(F)F)C[C@@H](OCCCC)[C@@H]1OCCCC. The highest BCUT2D eigenvalue weighted by Crippen LogP contribution is 2.39. The number of hydrogen-bond donors (Lipinski definition) is 0. The van der Waals surface area contributed by atoms with E-state index in [2.05, 4.69) is 58.0 Å². The normalized spacial score (nSPS) is 20.5. The van der Waals surface area contributed by atoms with Crippen molar-refractivity contribution >= 4 is 11.6 Å². The number of aryl methyl sites for hydroxylation is 1. The molecule has 0 aromatic heterocycles. The summed E-state index contributed by atoms with van der Waals surface area (Å²) in [4.78, 5) is 0. The highest BCUT2D eigenvalue weighted by molar-refractivity contribution is 6.31. The van der Waals surface area contributed by atoms with Crippen molar-refractivity contribution in [1.29, 1.82) is 0 Å². The lowest BCUT2D eigenvalue weighted by molar-refractivity contribution is -0.216. The largest absolute Gasteiger partial charge is 0.379 e. The standard InChI is InChI=1S/C36H53ClF2O5/c1-5-9-16-40-24-34-36(43-18-11-7-3)33(42-17-10-6-2)22-32(44-34)30-20-28(19-27-14-12-26(8-4)13-15-27)31(37)21-29(30)23-41-25-35(38)39/h12-15,20-21,32-36H,5-11,16-19,22-25H2,1-4H3/t32-,33-,34-,36+/m1/s1. The summed E-state index contributed by atoms with van der Waals surface area (Å²) < 4.78 is 57.2. The second-order valence-corrected chi connectivity index (χ2v) is 12.1. The Morgan fingerprint density at radius 3 is 2.16 bits per heavy atom. The Labute approximate surface area is 268 Å². The molecular weight excluding hydrogens is 586 g/mol. The van der Waals surface area contributed by atoms with E-state index in [1.165, 1.54) is 5.56 Å². The van der Waals surface area contributed by atoms with Crippen LogP contribution in [-0.2, 0) is 43.1 Å². The minimum absolute atomic E-state index is 0.0141. The Morgan fingerprint density at radius 2 is 1.50 bits per heavy atom. The first-order valence-corrected chi connectivity index (χ1v) is 17.0. The maximum atomic E-state index is 13.0. The van der Waals surface area contributed by atoms with E-state index < -0.39 is 13.0 Å². The van der Waals surface area contributed by atoms with Gasteiger partial charge in [-0.05, 0) is 66.0 Å².